The summed E-state index contributed by atoms with van der Waals surface area (Å²) in [6.07, 6.45) is 2.29. The molecule has 1 N–H and O–H groups in total. The van der Waals surface area contributed by atoms with Gasteiger partial charge in [-0.3, -0.25) is 0 Å². The van der Waals surface area contributed by atoms with Crippen LogP contribution in [-0.4, -0.2) is 13.6 Å². The molecule has 2 aromatic carbocycles. The standard InChI is InChI=1S/C20H27N/c1-15-8-5-6-11-19(15)12-18(14-21-4)13-20-16(2)9-7-10-17(20)3/h5-11,18,21H,12-14H2,1-4H3. The van der Waals surface area contributed by atoms with Crippen molar-refractivity contribution >= 4 is 0 Å². The van der Waals surface area contributed by atoms with E-state index in [1.807, 2.05) is 0 Å². The zero-order valence-corrected chi connectivity index (χ0v) is 13.7. The van der Waals surface area contributed by atoms with Crippen LogP contribution in [-0.2, 0) is 12.8 Å². The Kier molecular flexibility index (Phi) is 5.58. The van der Waals surface area contributed by atoms with Gasteiger partial charge in [0.25, 0.3) is 0 Å². The molecule has 0 saturated heterocycles. The van der Waals surface area contributed by atoms with Crippen molar-refractivity contribution in [1.82, 2.24) is 5.32 Å². The van der Waals surface area contributed by atoms with Gasteiger partial charge in [0.05, 0.1) is 0 Å². The highest BCUT2D eigenvalue weighted by molar-refractivity contribution is 5.34. The molecule has 0 aliphatic rings. The van der Waals surface area contributed by atoms with Crippen molar-refractivity contribution < 1.29 is 0 Å². The Balaban J connectivity index is 2.18. The monoisotopic (exact) mass is 281 g/mol. The first-order valence-electron chi connectivity index (χ1n) is 7.86. The van der Waals surface area contributed by atoms with Crippen LogP contribution in [0.4, 0.5) is 0 Å². The smallest absolute Gasteiger partial charge is 0.00172 e. The van der Waals surface area contributed by atoms with E-state index in [9.17, 15) is 0 Å². The molecule has 2 rings (SSSR count). The minimum absolute atomic E-state index is 0.635. The summed E-state index contributed by atoms with van der Waals surface area (Å²) in [5.74, 6) is 0.635. The normalized spacial score (nSPS) is 12.4. The van der Waals surface area contributed by atoms with Gasteiger partial charge in [-0.2, -0.15) is 0 Å². The van der Waals surface area contributed by atoms with Gasteiger partial charge in [0.1, 0.15) is 0 Å². The van der Waals surface area contributed by atoms with Crippen molar-refractivity contribution in [1.29, 1.82) is 0 Å². The van der Waals surface area contributed by atoms with Crippen molar-refractivity contribution in [3.63, 3.8) is 0 Å². The van der Waals surface area contributed by atoms with Gasteiger partial charge in [0, 0.05) is 0 Å². The fourth-order valence-corrected chi connectivity index (χ4v) is 3.11. The minimum Gasteiger partial charge on any atom is -0.319 e. The molecule has 0 aliphatic carbocycles. The molecular formula is C20H27N. The Morgan fingerprint density at radius 2 is 1.43 bits per heavy atom. The predicted octanol–water partition coefficient (Wildman–Crippen LogP) is 4.23. The molecule has 1 nitrogen and oxygen atoms in total. The van der Waals surface area contributed by atoms with E-state index in [0.29, 0.717) is 5.92 Å². The molecule has 0 radical (unpaired) electrons. The average molecular weight is 281 g/mol. The summed E-state index contributed by atoms with van der Waals surface area (Å²) in [7, 11) is 2.05. The summed E-state index contributed by atoms with van der Waals surface area (Å²) < 4.78 is 0. The number of rotatable bonds is 6. The van der Waals surface area contributed by atoms with E-state index in [1.54, 1.807) is 0 Å². The topological polar surface area (TPSA) is 12.0 Å². The van der Waals surface area contributed by atoms with E-state index in [4.69, 9.17) is 0 Å². The maximum atomic E-state index is 3.37. The summed E-state index contributed by atoms with van der Waals surface area (Å²) in [5.41, 5.74) is 7.23. The van der Waals surface area contributed by atoms with Crippen LogP contribution in [0.3, 0.4) is 0 Å². The average Bonchev–Trinajstić information content (AvgIpc) is 2.45. The van der Waals surface area contributed by atoms with Crippen molar-refractivity contribution in [3.05, 3.63) is 70.3 Å². The zero-order chi connectivity index (χ0) is 15.2. The predicted molar refractivity (Wildman–Crippen MR) is 91.9 cm³/mol. The first kappa shape index (κ1) is 15.8. The SMILES string of the molecule is CNCC(Cc1ccccc1C)Cc1c(C)cccc1C. The molecule has 0 aromatic heterocycles. The van der Waals surface area contributed by atoms with Crippen LogP contribution in [0, 0.1) is 26.7 Å². The number of benzene rings is 2. The lowest BCUT2D eigenvalue weighted by atomic mass is 9.87. The van der Waals surface area contributed by atoms with Gasteiger partial charge in [-0.15, -0.1) is 0 Å². The van der Waals surface area contributed by atoms with Crippen LogP contribution in [0.25, 0.3) is 0 Å². The fourth-order valence-electron chi connectivity index (χ4n) is 3.11. The summed E-state index contributed by atoms with van der Waals surface area (Å²) in [4.78, 5) is 0. The second kappa shape index (κ2) is 7.42. The molecule has 1 heteroatoms. The number of hydrogen-bond acceptors (Lipinski definition) is 1. The van der Waals surface area contributed by atoms with E-state index in [0.717, 1.165) is 19.4 Å². The van der Waals surface area contributed by atoms with E-state index in [-0.39, 0.29) is 0 Å². The molecule has 0 bridgehead atoms. The van der Waals surface area contributed by atoms with Crippen molar-refractivity contribution in [3.8, 4) is 0 Å². The van der Waals surface area contributed by atoms with Crippen LogP contribution >= 0.6 is 0 Å². The molecule has 2 aromatic rings. The molecule has 0 heterocycles. The lowest BCUT2D eigenvalue weighted by molar-refractivity contribution is 0.490. The molecule has 21 heavy (non-hydrogen) atoms. The van der Waals surface area contributed by atoms with Gasteiger partial charge in [0.2, 0.25) is 0 Å². The highest BCUT2D eigenvalue weighted by Crippen LogP contribution is 2.21. The van der Waals surface area contributed by atoms with Crippen molar-refractivity contribution in [2.75, 3.05) is 13.6 Å². The van der Waals surface area contributed by atoms with Crippen LogP contribution < -0.4 is 5.32 Å². The van der Waals surface area contributed by atoms with E-state index in [1.165, 1.54) is 27.8 Å². The first-order valence-corrected chi connectivity index (χ1v) is 7.86. The molecule has 0 fully saturated rings. The molecule has 0 amide bonds. The Hall–Kier alpha value is -1.60. The van der Waals surface area contributed by atoms with E-state index in [2.05, 4.69) is 75.6 Å². The second-order valence-electron chi connectivity index (χ2n) is 6.13. The van der Waals surface area contributed by atoms with Gasteiger partial charge < -0.3 is 5.32 Å². The number of hydrogen-bond donors (Lipinski definition) is 1. The van der Waals surface area contributed by atoms with E-state index < -0.39 is 0 Å². The molecule has 0 spiro atoms. The van der Waals surface area contributed by atoms with Gasteiger partial charge in [-0.1, -0.05) is 42.5 Å². The second-order valence-corrected chi connectivity index (χ2v) is 6.13. The van der Waals surface area contributed by atoms with Gasteiger partial charge >= 0.3 is 0 Å². The van der Waals surface area contributed by atoms with Crippen LogP contribution in [0.5, 0.6) is 0 Å². The Morgan fingerprint density at radius 1 is 0.810 bits per heavy atom. The maximum absolute atomic E-state index is 3.37. The Bertz CT molecular complexity index is 566. The fraction of sp³-hybridized carbons (Fsp3) is 0.400. The van der Waals surface area contributed by atoms with Crippen LogP contribution in [0.2, 0.25) is 0 Å². The highest BCUT2D eigenvalue weighted by Gasteiger charge is 2.14. The summed E-state index contributed by atoms with van der Waals surface area (Å²) in [6.45, 7) is 7.73. The number of nitrogens with one attached hydrogen (secondary N) is 1. The quantitative estimate of drug-likeness (QED) is 0.835. The lowest BCUT2D eigenvalue weighted by Crippen LogP contribution is -2.23. The summed E-state index contributed by atoms with van der Waals surface area (Å²) in [5, 5.41) is 3.37. The van der Waals surface area contributed by atoms with Crippen LogP contribution in [0.1, 0.15) is 27.8 Å². The summed E-state index contributed by atoms with van der Waals surface area (Å²) in [6, 6.07) is 15.4. The Morgan fingerprint density at radius 3 is 2.05 bits per heavy atom. The van der Waals surface area contributed by atoms with Gasteiger partial charge in [-0.25, -0.2) is 0 Å². The molecular weight excluding hydrogens is 254 g/mol. The minimum atomic E-state index is 0.635. The van der Waals surface area contributed by atoms with Gasteiger partial charge in [0.15, 0.2) is 0 Å². The molecule has 112 valence electrons. The zero-order valence-electron chi connectivity index (χ0n) is 13.7. The summed E-state index contributed by atoms with van der Waals surface area (Å²) >= 11 is 0. The molecule has 0 aliphatic heterocycles. The third-order valence-electron chi connectivity index (χ3n) is 4.40. The van der Waals surface area contributed by atoms with Crippen molar-refractivity contribution in [2.24, 2.45) is 5.92 Å². The number of aryl methyl sites for hydroxylation is 3. The largest absolute Gasteiger partial charge is 0.319 e. The first-order chi connectivity index (χ1) is 10.1. The highest BCUT2D eigenvalue weighted by atomic mass is 14.8. The third-order valence-corrected chi connectivity index (χ3v) is 4.40. The van der Waals surface area contributed by atoms with Crippen molar-refractivity contribution in [2.45, 2.75) is 33.6 Å². The molecule has 1 atom stereocenters. The maximum Gasteiger partial charge on any atom is -0.00172 e. The molecule has 1 unspecified atom stereocenters. The Labute approximate surface area is 129 Å². The molecule has 0 saturated carbocycles. The lowest BCUT2D eigenvalue weighted by Gasteiger charge is -2.20. The third kappa shape index (κ3) is 4.18. The van der Waals surface area contributed by atoms with Gasteiger partial charge in [-0.05, 0) is 80.9 Å². The van der Waals surface area contributed by atoms with Crippen LogP contribution in [0.15, 0.2) is 42.5 Å². The van der Waals surface area contributed by atoms with E-state index >= 15 is 0 Å².